The minimum atomic E-state index is -0.772. The van der Waals surface area contributed by atoms with Gasteiger partial charge in [-0.1, -0.05) is 75.4 Å². The first kappa shape index (κ1) is 22.3. The lowest BCUT2D eigenvalue weighted by atomic mass is 9.85. The van der Waals surface area contributed by atoms with Crippen molar-refractivity contribution in [3.8, 4) is 5.75 Å². The number of aliphatic hydroxyl groups excluding tert-OH is 1. The largest absolute Gasteiger partial charge is 0.507 e. The molecule has 0 radical (unpaired) electrons. The van der Waals surface area contributed by atoms with Crippen molar-refractivity contribution in [3.05, 3.63) is 101 Å². The van der Waals surface area contributed by atoms with Crippen LogP contribution in [0.25, 0.3) is 5.76 Å². The summed E-state index contributed by atoms with van der Waals surface area (Å²) >= 11 is 0. The third-order valence-electron chi connectivity index (χ3n) is 5.93. The number of ether oxygens (including phenoxy) is 1. The lowest BCUT2D eigenvalue weighted by Gasteiger charge is -2.26. The number of amides is 1. The van der Waals surface area contributed by atoms with Crippen LogP contribution in [-0.4, -0.2) is 23.9 Å². The van der Waals surface area contributed by atoms with E-state index >= 15 is 0 Å². The van der Waals surface area contributed by atoms with E-state index in [2.05, 4.69) is 20.8 Å². The number of Topliss-reactive ketones (excluding diaryl/α,β-unsaturated/α-hetero) is 1. The fourth-order valence-electron chi connectivity index (χ4n) is 4.15. The summed E-state index contributed by atoms with van der Waals surface area (Å²) in [6.07, 6.45) is 0. The average Bonchev–Trinajstić information content (AvgIpc) is 3.09. The second-order valence-electron chi connectivity index (χ2n) is 9.08. The van der Waals surface area contributed by atoms with Crippen LogP contribution in [0.5, 0.6) is 5.75 Å². The van der Waals surface area contributed by atoms with Gasteiger partial charge in [-0.05, 0) is 40.8 Å². The summed E-state index contributed by atoms with van der Waals surface area (Å²) in [6, 6.07) is 23.0. The summed E-state index contributed by atoms with van der Waals surface area (Å²) in [5.74, 6) is -1.24. The first-order valence-electron chi connectivity index (χ1n) is 10.8. The number of ketones is 1. The molecule has 0 saturated carbocycles. The van der Waals surface area contributed by atoms with Gasteiger partial charge >= 0.3 is 0 Å². The Balaban J connectivity index is 1.95. The predicted molar refractivity (Wildman–Crippen MR) is 129 cm³/mol. The molecule has 1 N–H and O–H groups in total. The summed E-state index contributed by atoms with van der Waals surface area (Å²) in [5, 5.41) is 11.3. The van der Waals surface area contributed by atoms with Gasteiger partial charge in [-0.15, -0.1) is 0 Å². The Hall–Kier alpha value is -3.86. The van der Waals surface area contributed by atoms with Crippen molar-refractivity contribution >= 4 is 23.1 Å². The molecule has 5 nitrogen and oxygen atoms in total. The molecule has 3 aromatic rings. The SMILES string of the molecule is COc1ccccc1/C(O)=C1/C(=O)C(=O)N(c2ccccc2)C1c1ccc(C(C)(C)C)cc1. The smallest absolute Gasteiger partial charge is 0.300 e. The van der Waals surface area contributed by atoms with E-state index in [1.807, 2.05) is 42.5 Å². The van der Waals surface area contributed by atoms with Crippen LogP contribution < -0.4 is 9.64 Å². The van der Waals surface area contributed by atoms with Crippen LogP contribution in [0.1, 0.15) is 43.5 Å². The van der Waals surface area contributed by atoms with Crippen molar-refractivity contribution in [3.63, 3.8) is 0 Å². The topological polar surface area (TPSA) is 66.8 Å². The molecule has 33 heavy (non-hydrogen) atoms. The molecule has 0 aromatic heterocycles. The Morgan fingerprint density at radius 1 is 0.879 bits per heavy atom. The molecule has 0 spiro atoms. The van der Waals surface area contributed by atoms with Crippen LogP contribution in [0.4, 0.5) is 5.69 Å². The number of methoxy groups -OCH3 is 1. The molecule has 1 fully saturated rings. The maximum atomic E-state index is 13.3. The molecule has 1 heterocycles. The number of para-hydroxylation sites is 2. The van der Waals surface area contributed by atoms with E-state index in [-0.39, 0.29) is 16.7 Å². The summed E-state index contributed by atoms with van der Waals surface area (Å²) in [4.78, 5) is 27.9. The van der Waals surface area contributed by atoms with Crippen LogP contribution >= 0.6 is 0 Å². The van der Waals surface area contributed by atoms with Gasteiger partial charge in [0, 0.05) is 5.69 Å². The normalized spacial score (nSPS) is 17.9. The zero-order valence-electron chi connectivity index (χ0n) is 19.2. The number of hydrogen-bond donors (Lipinski definition) is 1. The van der Waals surface area contributed by atoms with Gasteiger partial charge in [0.15, 0.2) is 0 Å². The number of aliphatic hydroxyl groups is 1. The maximum absolute atomic E-state index is 13.3. The van der Waals surface area contributed by atoms with Gasteiger partial charge in [-0.2, -0.15) is 0 Å². The highest BCUT2D eigenvalue weighted by Gasteiger charge is 2.47. The Morgan fingerprint density at radius 2 is 1.48 bits per heavy atom. The third-order valence-corrected chi connectivity index (χ3v) is 5.93. The van der Waals surface area contributed by atoms with Gasteiger partial charge in [-0.25, -0.2) is 0 Å². The van der Waals surface area contributed by atoms with Gasteiger partial charge in [-0.3, -0.25) is 14.5 Å². The molecule has 4 rings (SSSR count). The summed E-state index contributed by atoms with van der Waals surface area (Å²) in [6.45, 7) is 6.37. The minimum absolute atomic E-state index is 0.0388. The Morgan fingerprint density at radius 3 is 2.09 bits per heavy atom. The molecule has 1 aliphatic rings. The number of hydrogen-bond acceptors (Lipinski definition) is 4. The molecular formula is C28H27NO4. The second-order valence-corrected chi connectivity index (χ2v) is 9.08. The van der Waals surface area contributed by atoms with Crippen molar-refractivity contribution in [2.24, 2.45) is 0 Å². The minimum Gasteiger partial charge on any atom is -0.507 e. The highest BCUT2D eigenvalue weighted by atomic mass is 16.5. The number of nitrogens with zero attached hydrogens (tertiary/aromatic N) is 1. The van der Waals surface area contributed by atoms with Crippen molar-refractivity contribution in [1.29, 1.82) is 0 Å². The maximum Gasteiger partial charge on any atom is 0.300 e. The third kappa shape index (κ3) is 4.02. The fraction of sp³-hybridized carbons (Fsp3) is 0.214. The zero-order valence-corrected chi connectivity index (χ0v) is 19.2. The van der Waals surface area contributed by atoms with Gasteiger partial charge in [0.05, 0.1) is 24.3 Å². The number of rotatable bonds is 4. The highest BCUT2D eigenvalue weighted by molar-refractivity contribution is 6.51. The van der Waals surface area contributed by atoms with Gasteiger partial charge in [0.25, 0.3) is 11.7 Å². The lowest BCUT2D eigenvalue weighted by Crippen LogP contribution is -2.29. The standard InChI is InChI=1S/C28H27NO4/c1-28(2,3)19-16-14-18(15-17-19)24-23(25(30)21-12-8-9-13-22(21)33-4)26(31)27(32)29(24)20-10-6-5-7-11-20/h5-17,24,30H,1-4H3/b25-23-. The van der Waals surface area contributed by atoms with E-state index < -0.39 is 17.7 Å². The molecule has 3 aromatic carbocycles. The molecule has 0 aliphatic carbocycles. The van der Waals surface area contributed by atoms with Gasteiger partial charge in [0.2, 0.25) is 0 Å². The van der Waals surface area contributed by atoms with E-state index in [1.54, 1.807) is 36.4 Å². The summed E-state index contributed by atoms with van der Waals surface area (Å²) in [5.41, 5.74) is 2.81. The Kier molecular flexibility index (Phi) is 5.81. The average molecular weight is 442 g/mol. The van der Waals surface area contributed by atoms with E-state index in [0.717, 1.165) is 11.1 Å². The lowest BCUT2D eigenvalue weighted by molar-refractivity contribution is -0.132. The van der Waals surface area contributed by atoms with Crippen molar-refractivity contribution in [1.82, 2.24) is 0 Å². The molecule has 1 aliphatic heterocycles. The van der Waals surface area contributed by atoms with Gasteiger partial charge < -0.3 is 9.84 Å². The second kappa shape index (κ2) is 8.58. The first-order chi connectivity index (χ1) is 15.7. The molecule has 5 heteroatoms. The van der Waals surface area contributed by atoms with Crippen molar-refractivity contribution in [2.75, 3.05) is 12.0 Å². The first-order valence-corrected chi connectivity index (χ1v) is 10.8. The fourth-order valence-corrected chi connectivity index (χ4v) is 4.15. The Labute approximate surface area is 193 Å². The summed E-state index contributed by atoms with van der Waals surface area (Å²) in [7, 11) is 1.50. The van der Waals surface area contributed by atoms with E-state index in [4.69, 9.17) is 4.74 Å². The molecule has 1 saturated heterocycles. The highest BCUT2D eigenvalue weighted by Crippen LogP contribution is 2.43. The number of anilines is 1. The quantitative estimate of drug-likeness (QED) is 0.324. The molecular weight excluding hydrogens is 414 g/mol. The predicted octanol–water partition coefficient (Wildman–Crippen LogP) is 5.62. The molecule has 1 atom stereocenters. The number of carbonyl (C=O) groups is 2. The molecule has 1 amide bonds. The molecule has 0 bridgehead atoms. The zero-order chi connectivity index (χ0) is 23.8. The Bertz CT molecular complexity index is 1220. The van der Waals surface area contributed by atoms with E-state index in [1.165, 1.54) is 12.0 Å². The molecule has 1 unspecified atom stereocenters. The monoisotopic (exact) mass is 441 g/mol. The van der Waals surface area contributed by atoms with E-state index in [9.17, 15) is 14.7 Å². The van der Waals surface area contributed by atoms with Crippen molar-refractivity contribution in [2.45, 2.75) is 32.2 Å². The molecule has 168 valence electrons. The van der Waals surface area contributed by atoms with Crippen LogP contribution in [-0.2, 0) is 15.0 Å². The van der Waals surface area contributed by atoms with Crippen LogP contribution in [0, 0.1) is 0 Å². The number of benzene rings is 3. The van der Waals surface area contributed by atoms with Crippen molar-refractivity contribution < 1.29 is 19.4 Å². The summed E-state index contributed by atoms with van der Waals surface area (Å²) < 4.78 is 5.39. The van der Waals surface area contributed by atoms with Gasteiger partial charge in [0.1, 0.15) is 11.5 Å². The van der Waals surface area contributed by atoms with E-state index in [0.29, 0.717) is 17.0 Å². The van der Waals surface area contributed by atoms with Crippen LogP contribution in [0.3, 0.4) is 0 Å². The number of carbonyl (C=O) groups excluding carboxylic acids is 2. The van der Waals surface area contributed by atoms with Crippen LogP contribution in [0.2, 0.25) is 0 Å². The van der Waals surface area contributed by atoms with Crippen LogP contribution in [0.15, 0.2) is 84.4 Å².